The predicted molar refractivity (Wildman–Crippen MR) is 41.5 cm³/mol. The summed E-state index contributed by atoms with van der Waals surface area (Å²) in [6.45, 7) is 2.23. The Hall–Kier alpha value is -1.45. The summed E-state index contributed by atoms with van der Waals surface area (Å²) in [5, 5.41) is 0. The van der Waals surface area contributed by atoms with Gasteiger partial charge in [-0.05, 0) is 19.1 Å². The molecular weight excluding hydrogens is 160 g/mol. The van der Waals surface area contributed by atoms with Crippen LogP contribution in [0.4, 0.5) is 0 Å². The van der Waals surface area contributed by atoms with E-state index in [2.05, 4.69) is 4.74 Å². The summed E-state index contributed by atoms with van der Waals surface area (Å²) in [6, 6.07) is 0. The van der Waals surface area contributed by atoms with Gasteiger partial charge in [-0.1, -0.05) is 0 Å². The minimum atomic E-state index is -0.514. The third kappa shape index (κ3) is 6.67. The van der Waals surface area contributed by atoms with Crippen LogP contribution in [0.15, 0.2) is 12.2 Å². The highest BCUT2D eigenvalue weighted by molar-refractivity contribution is 5.98. The van der Waals surface area contributed by atoms with E-state index < -0.39 is 11.8 Å². The molecule has 0 bridgehead atoms. The first kappa shape index (κ1) is 10.6. The Morgan fingerprint density at radius 1 is 1.17 bits per heavy atom. The highest BCUT2D eigenvalue weighted by Crippen LogP contribution is 1.82. The number of esters is 1. The summed E-state index contributed by atoms with van der Waals surface area (Å²) in [4.78, 5) is 31.3. The van der Waals surface area contributed by atoms with Crippen LogP contribution in [0.1, 0.15) is 13.8 Å². The molecule has 0 heterocycles. The monoisotopic (exact) mass is 170 g/mol. The van der Waals surface area contributed by atoms with Gasteiger partial charge in [-0.2, -0.15) is 0 Å². The topological polar surface area (TPSA) is 60.4 Å². The number of carbonyl (C=O) groups excluding carboxylic acids is 3. The van der Waals surface area contributed by atoms with E-state index in [1.807, 2.05) is 0 Å². The number of allylic oxidation sites excluding steroid dienone is 1. The molecule has 0 aliphatic rings. The average molecular weight is 170 g/mol. The third-order valence-electron chi connectivity index (χ3n) is 0.922. The Balaban J connectivity index is 3.75. The van der Waals surface area contributed by atoms with Crippen molar-refractivity contribution in [2.24, 2.45) is 0 Å². The largest absolute Gasteiger partial charge is 0.457 e. The van der Waals surface area contributed by atoms with E-state index in [4.69, 9.17) is 0 Å². The van der Waals surface area contributed by atoms with Crippen molar-refractivity contribution < 1.29 is 19.1 Å². The molecule has 12 heavy (non-hydrogen) atoms. The van der Waals surface area contributed by atoms with Crippen LogP contribution in [0.2, 0.25) is 0 Å². The Bertz CT molecular complexity index is 227. The molecule has 0 radical (unpaired) electrons. The fourth-order valence-electron chi connectivity index (χ4n) is 0.431. The summed E-state index contributed by atoms with van der Waals surface area (Å²) < 4.78 is 4.38. The maximum atomic E-state index is 10.7. The van der Waals surface area contributed by atoms with E-state index in [0.29, 0.717) is 0 Å². The molecule has 0 aromatic heterocycles. The minimum Gasteiger partial charge on any atom is -0.457 e. The second-order valence-corrected chi connectivity index (χ2v) is 2.19. The number of hydrogen-bond acceptors (Lipinski definition) is 4. The fourth-order valence-corrected chi connectivity index (χ4v) is 0.431. The lowest BCUT2D eigenvalue weighted by atomic mass is 10.3. The summed E-state index contributed by atoms with van der Waals surface area (Å²) in [5.41, 5.74) is 0. The van der Waals surface area contributed by atoms with Crippen LogP contribution in [-0.2, 0) is 19.1 Å². The molecule has 0 amide bonds. The van der Waals surface area contributed by atoms with Gasteiger partial charge < -0.3 is 4.74 Å². The molecule has 0 aromatic carbocycles. The van der Waals surface area contributed by atoms with E-state index >= 15 is 0 Å². The Kier molecular flexibility index (Phi) is 4.60. The molecule has 4 nitrogen and oxygen atoms in total. The van der Waals surface area contributed by atoms with Gasteiger partial charge in [0.25, 0.3) is 0 Å². The van der Waals surface area contributed by atoms with Crippen LogP contribution >= 0.6 is 0 Å². The third-order valence-corrected chi connectivity index (χ3v) is 0.922. The summed E-state index contributed by atoms with van der Waals surface area (Å²) in [7, 11) is 0. The Morgan fingerprint density at radius 2 is 1.75 bits per heavy atom. The zero-order valence-electron chi connectivity index (χ0n) is 6.99. The fraction of sp³-hybridized carbons (Fsp3) is 0.375. The van der Waals surface area contributed by atoms with Crippen LogP contribution in [0.25, 0.3) is 0 Å². The molecule has 0 fully saturated rings. The van der Waals surface area contributed by atoms with E-state index in [1.165, 1.54) is 13.8 Å². The number of carbonyl (C=O) groups is 3. The lowest BCUT2D eigenvalue weighted by Crippen LogP contribution is -2.09. The van der Waals surface area contributed by atoms with Gasteiger partial charge >= 0.3 is 5.97 Å². The zero-order valence-corrected chi connectivity index (χ0v) is 6.99. The maximum absolute atomic E-state index is 10.7. The van der Waals surface area contributed by atoms with Gasteiger partial charge in [0.2, 0.25) is 0 Å². The molecule has 0 aliphatic carbocycles. The summed E-state index contributed by atoms with van der Waals surface area (Å²) in [6.07, 6.45) is 2.22. The number of ketones is 2. The molecule has 4 heteroatoms. The summed E-state index contributed by atoms with van der Waals surface area (Å²) in [5.74, 6) is -1.13. The van der Waals surface area contributed by atoms with Crippen molar-refractivity contribution in [2.75, 3.05) is 6.61 Å². The average Bonchev–Trinajstić information content (AvgIpc) is 1.96. The molecule has 0 saturated heterocycles. The normalized spacial score (nSPS) is 9.83. The second-order valence-electron chi connectivity index (χ2n) is 2.19. The van der Waals surface area contributed by atoms with Crippen molar-refractivity contribution in [1.82, 2.24) is 0 Å². The van der Waals surface area contributed by atoms with Crippen molar-refractivity contribution in [3.63, 3.8) is 0 Å². The highest BCUT2D eigenvalue weighted by Gasteiger charge is 1.99. The van der Waals surface area contributed by atoms with Crippen molar-refractivity contribution in [2.45, 2.75) is 13.8 Å². The molecule has 0 rings (SSSR count). The van der Waals surface area contributed by atoms with Crippen molar-refractivity contribution in [3.05, 3.63) is 12.2 Å². The predicted octanol–water partition coefficient (Wildman–Crippen LogP) is 0.264. The molecule has 0 aliphatic heterocycles. The van der Waals surface area contributed by atoms with Gasteiger partial charge in [-0.15, -0.1) is 0 Å². The Morgan fingerprint density at radius 3 is 2.17 bits per heavy atom. The van der Waals surface area contributed by atoms with E-state index in [-0.39, 0.29) is 12.4 Å². The molecule has 0 atom stereocenters. The molecule has 0 aromatic rings. The SMILES string of the molecule is CC(=O)/C=C/C(=O)COC(C)=O. The second kappa shape index (κ2) is 5.23. The molecule has 0 spiro atoms. The van der Waals surface area contributed by atoms with Crippen LogP contribution in [0.5, 0.6) is 0 Å². The summed E-state index contributed by atoms with van der Waals surface area (Å²) >= 11 is 0. The molecule has 0 unspecified atom stereocenters. The van der Waals surface area contributed by atoms with Gasteiger partial charge in [0.15, 0.2) is 18.2 Å². The van der Waals surface area contributed by atoms with Gasteiger partial charge in [0, 0.05) is 6.92 Å². The maximum Gasteiger partial charge on any atom is 0.303 e. The van der Waals surface area contributed by atoms with E-state index in [9.17, 15) is 14.4 Å². The van der Waals surface area contributed by atoms with Gasteiger partial charge in [0.1, 0.15) is 0 Å². The molecular formula is C8H10O4. The van der Waals surface area contributed by atoms with E-state index in [1.54, 1.807) is 0 Å². The van der Waals surface area contributed by atoms with Gasteiger partial charge in [0.05, 0.1) is 0 Å². The van der Waals surface area contributed by atoms with Crippen molar-refractivity contribution in [3.8, 4) is 0 Å². The minimum absolute atomic E-state index is 0.217. The lowest BCUT2D eigenvalue weighted by molar-refractivity contribution is -0.144. The molecule has 0 saturated carbocycles. The first-order valence-electron chi connectivity index (χ1n) is 3.37. The lowest BCUT2D eigenvalue weighted by Gasteiger charge is -1.95. The number of ether oxygens (including phenoxy) is 1. The van der Waals surface area contributed by atoms with Crippen LogP contribution in [0, 0.1) is 0 Å². The first-order chi connectivity index (χ1) is 5.52. The van der Waals surface area contributed by atoms with Gasteiger partial charge in [-0.3, -0.25) is 14.4 Å². The number of rotatable bonds is 4. The molecule has 0 N–H and O–H groups in total. The van der Waals surface area contributed by atoms with E-state index in [0.717, 1.165) is 12.2 Å². The number of hydrogen-bond donors (Lipinski definition) is 0. The van der Waals surface area contributed by atoms with Crippen molar-refractivity contribution in [1.29, 1.82) is 0 Å². The van der Waals surface area contributed by atoms with Gasteiger partial charge in [-0.25, -0.2) is 0 Å². The van der Waals surface area contributed by atoms with Crippen LogP contribution in [0.3, 0.4) is 0 Å². The highest BCUT2D eigenvalue weighted by atomic mass is 16.5. The smallest absolute Gasteiger partial charge is 0.303 e. The van der Waals surface area contributed by atoms with Crippen LogP contribution < -0.4 is 0 Å². The standard InChI is InChI=1S/C8H10O4/c1-6(9)3-4-8(11)5-12-7(2)10/h3-4H,5H2,1-2H3/b4-3+. The van der Waals surface area contributed by atoms with Crippen LogP contribution in [-0.4, -0.2) is 24.1 Å². The van der Waals surface area contributed by atoms with Crippen molar-refractivity contribution >= 4 is 17.5 Å². The quantitative estimate of drug-likeness (QED) is 0.448. The Labute approximate surface area is 70.2 Å². The first-order valence-corrected chi connectivity index (χ1v) is 3.37. The zero-order chi connectivity index (χ0) is 9.56. The molecule has 66 valence electrons.